The van der Waals surface area contributed by atoms with E-state index in [9.17, 15) is 4.79 Å². The lowest BCUT2D eigenvalue weighted by molar-refractivity contribution is -0.125. The molecule has 1 amide bonds. The van der Waals surface area contributed by atoms with Crippen molar-refractivity contribution in [3.05, 3.63) is 0 Å². The number of hydrogen-bond donors (Lipinski definition) is 2. The molecule has 1 aliphatic heterocycles. The van der Waals surface area contributed by atoms with E-state index in [-0.39, 0.29) is 22.5 Å². The Morgan fingerprint density at radius 2 is 2.25 bits per heavy atom. The summed E-state index contributed by atoms with van der Waals surface area (Å²) < 4.78 is 5.58. The predicted molar refractivity (Wildman–Crippen MR) is 67.1 cm³/mol. The Hall–Kier alpha value is -0.680. The van der Waals surface area contributed by atoms with Gasteiger partial charge >= 0.3 is 0 Å². The monoisotopic (exact) mass is 244 g/mol. The molecular formula is C11H20N2O2S. The molecule has 3 N–H and O–H groups in total. The number of nitrogens with one attached hydrogen (secondary N) is 1. The van der Waals surface area contributed by atoms with Crippen molar-refractivity contribution in [2.45, 2.75) is 45.3 Å². The van der Waals surface area contributed by atoms with Crippen LogP contribution in [0.2, 0.25) is 0 Å². The number of carbonyl (C=O) groups excluding carboxylic acids is 1. The Labute approximate surface area is 102 Å². The van der Waals surface area contributed by atoms with Crippen molar-refractivity contribution in [3.8, 4) is 0 Å². The highest BCUT2D eigenvalue weighted by atomic mass is 32.1. The third-order valence-electron chi connectivity index (χ3n) is 2.86. The summed E-state index contributed by atoms with van der Waals surface area (Å²) in [6.07, 6.45) is 1.67. The third-order valence-corrected chi connectivity index (χ3v) is 3.22. The van der Waals surface area contributed by atoms with Crippen molar-refractivity contribution < 1.29 is 9.53 Å². The third kappa shape index (κ3) is 3.72. The molecule has 16 heavy (non-hydrogen) atoms. The summed E-state index contributed by atoms with van der Waals surface area (Å²) in [5.41, 5.74) is 5.28. The molecule has 0 aromatic rings. The molecule has 0 aromatic heterocycles. The average Bonchev–Trinajstić information content (AvgIpc) is 2.14. The Bertz CT molecular complexity index is 292. The zero-order valence-electron chi connectivity index (χ0n) is 10.1. The maximum Gasteiger partial charge on any atom is 0.229 e. The quantitative estimate of drug-likeness (QED) is 0.727. The zero-order valence-corrected chi connectivity index (χ0v) is 10.9. The first-order valence-electron chi connectivity index (χ1n) is 5.55. The lowest BCUT2D eigenvalue weighted by Gasteiger charge is -2.36. The maximum atomic E-state index is 11.7. The van der Waals surface area contributed by atoms with E-state index in [4.69, 9.17) is 22.7 Å². The van der Waals surface area contributed by atoms with Crippen LogP contribution in [0, 0.1) is 5.92 Å². The second kappa shape index (κ2) is 5.10. The van der Waals surface area contributed by atoms with Crippen LogP contribution in [0.15, 0.2) is 0 Å². The number of rotatable bonds is 3. The van der Waals surface area contributed by atoms with Gasteiger partial charge in [-0.25, -0.2) is 0 Å². The zero-order chi connectivity index (χ0) is 12.3. The Morgan fingerprint density at radius 1 is 1.62 bits per heavy atom. The van der Waals surface area contributed by atoms with Gasteiger partial charge in [0.15, 0.2) is 0 Å². The van der Waals surface area contributed by atoms with Crippen LogP contribution in [0.4, 0.5) is 0 Å². The Kier molecular flexibility index (Phi) is 4.27. The molecule has 1 fully saturated rings. The van der Waals surface area contributed by atoms with Gasteiger partial charge in [0.05, 0.1) is 16.5 Å². The number of hydrogen-bond acceptors (Lipinski definition) is 3. The second-order valence-corrected chi connectivity index (χ2v) is 5.40. The van der Waals surface area contributed by atoms with Crippen molar-refractivity contribution in [2.75, 3.05) is 6.61 Å². The van der Waals surface area contributed by atoms with Crippen LogP contribution in [0.3, 0.4) is 0 Å². The summed E-state index contributed by atoms with van der Waals surface area (Å²) in [7, 11) is 0. The van der Waals surface area contributed by atoms with Gasteiger partial charge in [-0.3, -0.25) is 4.79 Å². The first-order valence-corrected chi connectivity index (χ1v) is 5.96. The summed E-state index contributed by atoms with van der Waals surface area (Å²) in [4.78, 5) is 12.0. The van der Waals surface area contributed by atoms with E-state index in [1.807, 2.05) is 13.8 Å². The Morgan fingerprint density at radius 3 is 2.75 bits per heavy atom. The van der Waals surface area contributed by atoms with E-state index in [0.717, 1.165) is 12.8 Å². The normalized spacial score (nSPS) is 25.8. The highest BCUT2D eigenvalue weighted by Gasteiger charge is 2.30. The van der Waals surface area contributed by atoms with Crippen molar-refractivity contribution in [3.63, 3.8) is 0 Å². The van der Waals surface area contributed by atoms with E-state index in [1.54, 1.807) is 6.92 Å². The predicted octanol–water partition coefficient (Wildman–Crippen LogP) is 0.982. The molecule has 0 saturated carbocycles. The molecular weight excluding hydrogens is 224 g/mol. The van der Waals surface area contributed by atoms with Crippen LogP contribution in [0.5, 0.6) is 0 Å². The van der Waals surface area contributed by atoms with Crippen LogP contribution < -0.4 is 11.1 Å². The van der Waals surface area contributed by atoms with Gasteiger partial charge in [0.25, 0.3) is 0 Å². The van der Waals surface area contributed by atoms with Crippen LogP contribution in [-0.4, -0.2) is 29.1 Å². The molecule has 0 aliphatic carbocycles. The number of carbonyl (C=O) groups is 1. The number of ether oxygens (including phenoxy) is 1. The summed E-state index contributed by atoms with van der Waals surface area (Å²) in [6, 6.07) is 0.160. The maximum absolute atomic E-state index is 11.7. The van der Waals surface area contributed by atoms with Gasteiger partial charge in [-0.15, -0.1) is 0 Å². The largest absolute Gasteiger partial charge is 0.393 e. The van der Waals surface area contributed by atoms with Crippen LogP contribution >= 0.6 is 12.2 Å². The molecule has 4 nitrogen and oxygen atoms in total. The van der Waals surface area contributed by atoms with Gasteiger partial charge in [0.2, 0.25) is 5.91 Å². The topological polar surface area (TPSA) is 64.3 Å². The number of amides is 1. The van der Waals surface area contributed by atoms with Crippen LogP contribution in [0.25, 0.3) is 0 Å². The minimum atomic E-state index is -0.402. The molecule has 1 rings (SSSR count). The minimum absolute atomic E-state index is 0.0878. The first kappa shape index (κ1) is 13.4. The van der Waals surface area contributed by atoms with Gasteiger partial charge in [-0.2, -0.15) is 0 Å². The SMILES string of the molecule is CC(C(=O)NC1CCOC(C)(C)C1)C(N)=S. The summed E-state index contributed by atoms with van der Waals surface area (Å²) in [5.74, 6) is -0.490. The molecule has 1 saturated heterocycles. The molecule has 0 spiro atoms. The minimum Gasteiger partial charge on any atom is -0.393 e. The second-order valence-electron chi connectivity index (χ2n) is 4.93. The van der Waals surface area contributed by atoms with E-state index in [2.05, 4.69) is 5.32 Å². The molecule has 0 radical (unpaired) electrons. The number of nitrogens with two attached hydrogens (primary N) is 1. The van der Waals surface area contributed by atoms with Gasteiger partial charge in [0.1, 0.15) is 0 Å². The molecule has 1 heterocycles. The molecule has 5 heteroatoms. The standard InChI is InChI=1S/C11H20N2O2S/c1-7(9(12)16)10(14)13-8-4-5-15-11(2,3)6-8/h7-8H,4-6H2,1-3H3,(H2,12,16)(H,13,14). The van der Waals surface area contributed by atoms with E-state index in [1.165, 1.54) is 0 Å². The summed E-state index contributed by atoms with van der Waals surface area (Å²) >= 11 is 4.80. The van der Waals surface area contributed by atoms with Crippen LogP contribution in [-0.2, 0) is 9.53 Å². The molecule has 92 valence electrons. The number of thiocarbonyl (C=S) groups is 1. The van der Waals surface area contributed by atoms with Gasteiger partial charge in [-0.05, 0) is 33.6 Å². The van der Waals surface area contributed by atoms with Crippen molar-refractivity contribution in [2.24, 2.45) is 11.7 Å². The van der Waals surface area contributed by atoms with Crippen LogP contribution in [0.1, 0.15) is 33.6 Å². The average molecular weight is 244 g/mol. The highest BCUT2D eigenvalue weighted by Crippen LogP contribution is 2.24. The lowest BCUT2D eigenvalue weighted by atomic mass is 9.93. The van der Waals surface area contributed by atoms with E-state index < -0.39 is 5.92 Å². The van der Waals surface area contributed by atoms with E-state index in [0.29, 0.717) is 6.61 Å². The van der Waals surface area contributed by atoms with Gasteiger partial charge < -0.3 is 15.8 Å². The molecule has 2 atom stereocenters. The lowest BCUT2D eigenvalue weighted by Crippen LogP contribution is -2.48. The van der Waals surface area contributed by atoms with Gasteiger partial charge in [-0.1, -0.05) is 12.2 Å². The van der Waals surface area contributed by atoms with Crippen molar-refractivity contribution >= 4 is 23.1 Å². The summed E-state index contributed by atoms with van der Waals surface area (Å²) in [5, 5.41) is 2.97. The molecule has 2 unspecified atom stereocenters. The summed E-state index contributed by atoms with van der Waals surface area (Å²) in [6.45, 7) is 6.46. The fourth-order valence-electron chi connectivity index (χ4n) is 1.81. The fourth-order valence-corrected chi connectivity index (χ4v) is 1.92. The fraction of sp³-hybridized carbons (Fsp3) is 0.818. The molecule has 1 aliphatic rings. The molecule has 0 aromatic carbocycles. The first-order chi connectivity index (χ1) is 7.32. The van der Waals surface area contributed by atoms with E-state index >= 15 is 0 Å². The molecule has 0 bridgehead atoms. The smallest absolute Gasteiger partial charge is 0.229 e. The van der Waals surface area contributed by atoms with Gasteiger partial charge in [0, 0.05) is 12.6 Å². The Balaban J connectivity index is 2.48. The van der Waals surface area contributed by atoms with Crippen molar-refractivity contribution in [1.82, 2.24) is 5.32 Å². The van der Waals surface area contributed by atoms with Crippen molar-refractivity contribution in [1.29, 1.82) is 0 Å². The highest BCUT2D eigenvalue weighted by molar-refractivity contribution is 7.80.